The molecule has 0 aromatic heterocycles. The second-order valence-electron chi connectivity index (χ2n) is 5.41. The lowest BCUT2D eigenvalue weighted by atomic mass is 10.2. The zero-order valence-electron chi connectivity index (χ0n) is 15.1. The molecule has 0 radical (unpaired) electrons. The molecule has 2 aromatic carbocycles. The summed E-state index contributed by atoms with van der Waals surface area (Å²) in [5.41, 5.74) is 0.700. The Kier molecular flexibility index (Phi) is 6.59. The smallest absolute Gasteiger partial charge is 0.267 e. The van der Waals surface area contributed by atoms with Gasteiger partial charge in [-0.1, -0.05) is 0 Å². The Bertz CT molecular complexity index is 1040. The number of methoxy groups -OCH3 is 2. The van der Waals surface area contributed by atoms with Gasteiger partial charge >= 0.3 is 0 Å². The highest BCUT2D eigenvalue weighted by atomic mass is 32.2. The number of carbonyl (C=O) groups is 1. The molecule has 28 heavy (non-hydrogen) atoms. The maximum absolute atomic E-state index is 12.2. The average molecular weight is 402 g/mol. The summed E-state index contributed by atoms with van der Waals surface area (Å²) in [4.78, 5) is 12.2. The topological polar surface area (TPSA) is 144 Å². The van der Waals surface area contributed by atoms with E-state index < -0.39 is 15.9 Å². The van der Waals surface area contributed by atoms with Crippen molar-refractivity contribution in [3.05, 3.63) is 54.2 Å². The quantitative estimate of drug-likeness (QED) is 0.473. The van der Waals surface area contributed by atoms with Crippen molar-refractivity contribution in [1.29, 1.82) is 5.26 Å². The summed E-state index contributed by atoms with van der Waals surface area (Å²) in [7, 11) is -0.820. The summed E-state index contributed by atoms with van der Waals surface area (Å²) >= 11 is 0. The number of carbonyl (C=O) groups excluding carboxylic acids is 1. The first-order valence-electron chi connectivity index (χ1n) is 7.81. The summed E-state index contributed by atoms with van der Waals surface area (Å²) in [5.74, 6) is 0.357. The maximum atomic E-state index is 12.2. The number of amides is 1. The number of primary sulfonamides is 1. The predicted octanol–water partition coefficient (Wildman–Crippen LogP) is 1.81. The second kappa shape index (κ2) is 8.90. The normalized spacial score (nSPS) is 11.3. The van der Waals surface area contributed by atoms with Crippen LogP contribution in [-0.2, 0) is 14.8 Å². The molecule has 0 fully saturated rings. The summed E-state index contributed by atoms with van der Waals surface area (Å²) < 4.78 is 32.8. The number of sulfonamides is 1. The molecule has 9 nitrogen and oxygen atoms in total. The number of hydrogen-bond donors (Lipinski definition) is 3. The number of rotatable bonds is 7. The van der Waals surface area contributed by atoms with Gasteiger partial charge in [0.25, 0.3) is 5.91 Å². The molecule has 0 unspecified atom stereocenters. The number of nitrogens with zero attached hydrogens (tertiary/aromatic N) is 1. The number of nitrogens with one attached hydrogen (secondary N) is 2. The molecular weight excluding hydrogens is 384 g/mol. The van der Waals surface area contributed by atoms with Gasteiger partial charge < -0.3 is 20.1 Å². The van der Waals surface area contributed by atoms with Crippen molar-refractivity contribution in [3.63, 3.8) is 0 Å². The molecule has 1 amide bonds. The van der Waals surface area contributed by atoms with Gasteiger partial charge in [-0.05, 0) is 36.4 Å². The molecule has 0 atom stereocenters. The Hall–Kier alpha value is -3.55. The molecule has 0 saturated carbocycles. The van der Waals surface area contributed by atoms with Gasteiger partial charge in [-0.2, -0.15) is 5.26 Å². The van der Waals surface area contributed by atoms with E-state index in [9.17, 15) is 18.5 Å². The Morgan fingerprint density at radius 1 is 1.07 bits per heavy atom. The van der Waals surface area contributed by atoms with Crippen molar-refractivity contribution in [2.75, 3.05) is 24.9 Å². The van der Waals surface area contributed by atoms with Gasteiger partial charge in [-0.3, -0.25) is 4.79 Å². The molecule has 0 aliphatic heterocycles. The highest BCUT2D eigenvalue weighted by molar-refractivity contribution is 7.89. The average Bonchev–Trinajstić information content (AvgIpc) is 2.68. The van der Waals surface area contributed by atoms with Crippen LogP contribution in [0, 0.1) is 11.3 Å². The van der Waals surface area contributed by atoms with Gasteiger partial charge in [-0.15, -0.1) is 0 Å². The number of nitrogens with two attached hydrogens (primary N) is 1. The van der Waals surface area contributed by atoms with Gasteiger partial charge in [0, 0.05) is 23.6 Å². The lowest BCUT2D eigenvalue weighted by Crippen LogP contribution is -2.15. The molecule has 0 saturated heterocycles. The van der Waals surface area contributed by atoms with Crippen LogP contribution in [0.15, 0.2) is 59.1 Å². The highest BCUT2D eigenvalue weighted by Crippen LogP contribution is 2.29. The maximum Gasteiger partial charge on any atom is 0.267 e. The first-order valence-corrected chi connectivity index (χ1v) is 9.36. The molecule has 146 valence electrons. The minimum Gasteiger partial charge on any atom is -0.493 e. The summed E-state index contributed by atoms with van der Waals surface area (Å²) in [6, 6.07) is 12.1. The molecular formula is C18H18N4O5S. The highest BCUT2D eigenvalue weighted by Gasteiger charge is 2.12. The van der Waals surface area contributed by atoms with E-state index in [1.807, 2.05) is 0 Å². The van der Waals surface area contributed by atoms with Crippen molar-refractivity contribution in [2.24, 2.45) is 5.14 Å². The lowest BCUT2D eigenvalue weighted by molar-refractivity contribution is -0.112. The third-order valence-corrected chi connectivity index (χ3v) is 4.50. The first kappa shape index (κ1) is 20.8. The van der Waals surface area contributed by atoms with Crippen molar-refractivity contribution in [2.45, 2.75) is 4.90 Å². The SMILES string of the molecule is COc1ccc(N/C=C(/C#N)C(=O)Nc2ccc(S(N)(=O)=O)cc2)cc1OC. The number of benzene rings is 2. The zero-order valence-corrected chi connectivity index (χ0v) is 15.9. The van der Waals surface area contributed by atoms with Crippen LogP contribution in [0.1, 0.15) is 0 Å². The van der Waals surface area contributed by atoms with Gasteiger partial charge in [0.05, 0.1) is 19.1 Å². The van der Waals surface area contributed by atoms with Gasteiger partial charge in [0.2, 0.25) is 10.0 Å². The summed E-state index contributed by atoms with van der Waals surface area (Å²) in [5, 5.41) is 19.6. The van der Waals surface area contributed by atoms with Crippen LogP contribution < -0.4 is 25.2 Å². The summed E-state index contributed by atoms with van der Waals surface area (Å²) in [6.07, 6.45) is 1.25. The fourth-order valence-corrected chi connectivity index (χ4v) is 2.67. The largest absolute Gasteiger partial charge is 0.493 e. The van der Waals surface area contributed by atoms with E-state index in [0.29, 0.717) is 22.9 Å². The molecule has 0 heterocycles. The van der Waals surface area contributed by atoms with Gasteiger partial charge in [0.15, 0.2) is 11.5 Å². The summed E-state index contributed by atoms with van der Waals surface area (Å²) in [6.45, 7) is 0. The van der Waals surface area contributed by atoms with E-state index >= 15 is 0 Å². The van der Waals surface area contributed by atoms with Crippen molar-refractivity contribution < 1.29 is 22.7 Å². The van der Waals surface area contributed by atoms with Crippen molar-refractivity contribution in [1.82, 2.24) is 0 Å². The minimum absolute atomic E-state index is 0.0864. The Morgan fingerprint density at radius 2 is 1.68 bits per heavy atom. The van der Waals surface area contributed by atoms with E-state index in [2.05, 4.69) is 10.6 Å². The third-order valence-electron chi connectivity index (χ3n) is 3.57. The van der Waals surface area contributed by atoms with Gasteiger partial charge in [0.1, 0.15) is 11.6 Å². The zero-order chi connectivity index (χ0) is 20.7. The molecule has 0 spiro atoms. The molecule has 2 rings (SSSR count). The second-order valence-corrected chi connectivity index (χ2v) is 6.97. The van der Waals surface area contributed by atoms with Crippen LogP contribution >= 0.6 is 0 Å². The molecule has 0 bridgehead atoms. The number of ether oxygens (including phenoxy) is 2. The first-order chi connectivity index (χ1) is 13.3. The van der Waals surface area contributed by atoms with E-state index in [1.165, 1.54) is 44.7 Å². The lowest BCUT2D eigenvalue weighted by Gasteiger charge is -2.10. The van der Waals surface area contributed by atoms with Crippen molar-refractivity contribution in [3.8, 4) is 17.6 Å². The fraction of sp³-hybridized carbons (Fsp3) is 0.111. The Morgan fingerprint density at radius 3 is 2.21 bits per heavy atom. The van der Waals surface area contributed by atoms with E-state index in [1.54, 1.807) is 24.3 Å². The number of anilines is 2. The molecule has 10 heteroatoms. The van der Waals surface area contributed by atoms with Crippen LogP contribution in [0.5, 0.6) is 11.5 Å². The number of nitriles is 1. The molecule has 0 aliphatic rings. The third kappa shape index (κ3) is 5.23. The standard InChI is InChI=1S/C18H18N4O5S/c1-26-16-8-5-14(9-17(16)27-2)21-11-12(10-19)18(23)22-13-3-6-15(7-4-13)28(20,24)25/h3-9,11,21H,1-2H3,(H,22,23)(H2,20,24,25)/b12-11-. The minimum atomic E-state index is -3.82. The van der Waals surface area contributed by atoms with Crippen LogP contribution in [0.4, 0.5) is 11.4 Å². The number of hydrogen-bond acceptors (Lipinski definition) is 7. The van der Waals surface area contributed by atoms with E-state index in [-0.39, 0.29) is 10.5 Å². The Balaban J connectivity index is 2.12. The molecule has 2 aromatic rings. The van der Waals surface area contributed by atoms with Gasteiger partial charge in [-0.25, -0.2) is 13.6 Å². The van der Waals surface area contributed by atoms with E-state index in [4.69, 9.17) is 14.6 Å². The Labute approximate surface area is 162 Å². The van der Waals surface area contributed by atoms with Crippen LogP contribution in [0.3, 0.4) is 0 Å². The van der Waals surface area contributed by atoms with E-state index in [0.717, 1.165) is 0 Å². The van der Waals surface area contributed by atoms with Crippen LogP contribution in [0.2, 0.25) is 0 Å². The molecule has 0 aliphatic carbocycles. The van der Waals surface area contributed by atoms with Crippen LogP contribution in [-0.4, -0.2) is 28.5 Å². The fourth-order valence-electron chi connectivity index (χ4n) is 2.16. The monoisotopic (exact) mass is 402 g/mol. The molecule has 4 N–H and O–H groups in total. The predicted molar refractivity (Wildman–Crippen MR) is 103 cm³/mol. The van der Waals surface area contributed by atoms with Crippen LogP contribution in [0.25, 0.3) is 0 Å². The van der Waals surface area contributed by atoms with Crippen molar-refractivity contribution >= 4 is 27.3 Å².